The molecule has 0 fully saturated rings. The van der Waals surface area contributed by atoms with Crippen LogP contribution in [0.25, 0.3) is 0 Å². The zero-order valence-electron chi connectivity index (χ0n) is 15.3. The van der Waals surface area contributed by atoms with Crippen LogP contribution in [0.2, 0.25) is 0 Å². The molecular weight excluding hydrogens is 304 g/mol. The minimum atomic E-state index is -0.586. The third-order valence-electron chi connectivity index (χ3n) is 4.24. The van der Waals surface area contributed by atoms with Crippen LogP contribution in [0.5, 0.6) is 0 Å². The lowest BCUT2D eigenvalue weighted by Gasteiger charge is -2.38. The highest BCUT2D eigenvalue weighted by Gasteiger charge is 2.38. The van der Waals surface area contributed by atoms with Crippen LogP contribution in [0.1, 0.15) is 45.7 Å². The maximum atomic E-state index is 12.9. The molecule has 5 heteroatoms. The summed E-state index contributed by atoms with van der Waals surface area (Å²) in [6.07, 6.45) is 0.104. The number of hydrogen-bond acceptors (Lipinski definition) is 3. The molecule has 0 saturated carbocycles. The second kappa shape index (κ2) is 7.24. The zero-order valence-corrected chi connectivity index (χ0v) is 15.3. The van der Waals surface area contributed by atoms with Gasteiger partial charge in [-0.2, -0.15) is 0 Å². The van der Waals surface area contributed by atoms with E-state index >= 15 is 0 Å². The molecule has 2 rings (SSSR count). The second-order valence-electron chi connectivity index (χ2n) is 7.11. The standard InChI is InChI=1S/C19H28N2O3/c1-6-20(7-2)17(22)16-12-14-10-8-9-11-15(14)13-21(16)18(23)24-19(3,4)5/h8-11,16H,6-7,12-13H2,1-5H3/t16-/m0/s1. The number of hydrogen-bond donors (Lipinski definition) is 0. The van der Waals surface area contributed by atoms with E-state index < -0.39 is 17.7 Å². The molecule has 1 heterocycles. The van der Waals surface area contributed by atoms with Gasteiger partial charge in [-0.1, -0.05) is 24.3 Å². The Hall–Kier alpha value is -2.04. The van der Waals surface area contributed by atoms with E-state index in [9.17, 15) is 9.59 Å². The number of amides is 2. The van der Waals surface area contributed by atoms with E-state index in [1.807, 2.05) is 58.9 Å². The van der Waals surface area contributed by atoms with Gasteiger partial charge in [-0.05, 0) is 45.7 Å². The molecule has 0 radical (unpaired) electrons. The SMILES string of the molecule is CCN(CC)C(=O)[C@@H]1Cc2ccccc2CN1C(=O)OC(C)(C)C. The summed E-state index contributed by atoms with van der Waals surface area (Å²) >= 11 is 0. The molecule has 1 aromatic rings. The van der Waals surface area contributed by atoms with Gasteiger partial charge in [0.25, 0.3) is 0 Å². The first-order chi connectivity index (χ1) is 11.3. The molecular formula is C19H28N2O3. The van der Waals surface area contributed by atoms with E-state index in [1.54, 1.807) is 9.80 Å². The fourth-order valence-electron chi connectivity index (χ4n) is 3.00. The molecule has 0 aliphatic carbocycles. The van der Waals surface area contributed by atoms with Crippen LogP contribution in [-0.2, 0) is 22.5 Å². The number of fused-ring (bicyclic) bond motifs is 1. The predicted octanol–water partition coefficient (Wildman–Crippen LogP) is 3.22. The summed E-state index contributed by atoms with van der Waals surface area (Å²) in [5.74, 6) is -0.0136. The summed E-state index contributed by atoms with van der Waals surface area (Å²) in [5, 5.41) is 0. The minimum Gasteiger partial charge on any atom is -0.444 e. The average molecular weight is 332 g/mol. The Bertz CT molecular complexity index is 603. The lowest BCUT2D eigenvalue weighted by Crippen LogP contribution is -2.54. The van der Waals surface area contributed by atoms with Crippen molar-refractivity contribution in [3.63, 3.8) is 0 Å². The van der Waals surface area contributed by atoms with Crippen LogP contribution in [0.3, 0.4) is 0 Å². The van der Waals surface area contributed by atoms with Crippen molar-refractivity contribution in [1.82, 2.24) is 9.80 Å². The molecule has 0 N–H and O–H groups in total. The lowest BCUT2D eigenvalue weighted by molar-refractivity contribution is -0.137. The maximum absolute atomic E-state index is 12.9. The van der Waals surface area contributed by atoms with Crippen LogP contribution >= 0.6 is 0 Å². The summed E-state index contributed by atoms with van der Waals surface area (Å²) in [6.45, 7) is 11.1. The fraction of sp³-hybridized carbons (Fsp3) is 0.579. The van der Waals surface area contributed by atoms with E-state index in [0.717, 1.165) is 11.1 Å². The van der Waals surface area contributed by atoms with Gasteiger partial charge in [-0.15, -0.1) is 0 Å². The van der Waals surface area contributed by atoms with Crippen LogP contribution in [0.15, 0.2) is 24.3 Å². The van der Waals surface area contributed by atoms with Crippen LogP contribution in [0.4, 0.5) is 4.79 Å². The van der Waals surface area contributed by atoms with Crippen molar-refractivity contribution in [3.05, 3.63) is 35.4 Å². The molecule has 0 spiro atoms. The first kappa shape index (κ1) is 18.3. The van der Waals surface area contributed by atoms with Crippen molar-refractivity contribution in [2.24, 2.45) is 0 Å². The molecule has 24 heavy (non-hydrogen) atoms. The summed E-state index contributed by atoms with van der Waals surface area (Å²) in [4.78, 5) is 28.9. The predicted molar refractivity (Wildman–Crippen MR) is 93.6 cm³/mol. The third kappa shape index (κ3) is 4.08. The first-order valence-corrected chi connectivity index (χ1v) is 8.62. The maximum Gasteiger partial charge on any atom is 0.411 e. The Morgan fingerprint density at radius 1 is 1.17 bits per heavy atom. The Morgan fingerprint density at radius 3 is 2.29 bits per heavy atom. The number of ether oxygens (including phenoxy) is 1. The van der Waals surface area contributed by atoms with Crippen molar-refractivity contribution in [2.45, 2.75) is 59.2 Å². The lowest BCUT2D eigenvalue weighted by atomic mass is 9.93. The molecule has 1 aliphatic rings. The highest BCUT2D eigenvalue weighted by molar-refractivity contribution is 5.86. The molecule has 0 bridgehead atoms. The summed E-state index contributed by atoms with van der Waals surface area (Å²) in [7, 11) is 0. The molecule has 5 nitrogen and oxygen atoms in total. The molecule has 1 aromatic carbocycles. The largest absolute Gasteiger partial charge is 0.444 e. The van der Waals surface area contributed by atoms with Crippen molar-refractivity contribution in [2.75, 3.05) is 13.1 Å². The van der Waals surface area contributed by atoms with Crippen LogP contribution in [-0.4, -0.2) is 46.5 Å². The van der Waals surface area contributed by atoms with Gasteiger partial charge in [0.2, 0.25) is 5.91 Å². The zero-order chi connectivity index (χ0) is 17.9. The average Bonchev–Trinajstić information content (AvgIpc) is 2.53. The molecule has 0 aromatic heterocycles. The van der Waals surface area contributed by atoms with Crippen LogP contribution < -0.4 is 0 Å². The molecule has 0 unspecified atom stereocenters. The van der Waals surface area contributed by atoms with Crippen molar-refractivity contribution in [1.29, 1.82) is 0 Å². The Morgan fingerprint density at radius 2 is 1.75 bits per heavy atom. The second-order valence-corrected chi connectivity index (χ2v) is 7.11. The van der Waals surface area contributed by atoms with Gasteiger partial charge in [-0.25, -0.2) is 4.79 Å². The van der Waals surface area contributed by atoms with E-state index in [1.165, 1.54) is 0 Å². The fourth-order valence-corrected chi connectivity index (χ4v) is 3.00. The molecule has 132 valence electrons. The number of likely N-dealkylation sites (N-methyl/N-ethyl adjacent to an activating group) is 1. The van der Waals surface area contributed by atoms with Crippen molar-refractivity contribution >= 4 is 12.0 Å². The van der Waals surface area contributed by atoms with Gasteiger partial charge in [0.1, 0.15) is 11.6 Å². The topological polar surface area (TPSA) is 49.9 Å². The number of rotatable bonds is 3. The Balaban J connectivity index is 2.32. The molecule has 1 atom stereocenters. The number of carbonyl (C=O) groups excluding carboxylic acids is 2. The van der Waals surface area contributed by atoms with Crippen molar-refractivity contribution in [3.8, 4) is 0 Å². The Kier molecular flexibility index (Phi) is 5.52. The summed E-state index contributed by atoms with van der Waals surface area (Å²) in [6, 6.07) is 7.46. The third-order valence-corrected chi connectivity index (χ3v) is 4.24. The highest BCUT2D eigenvalue weighted by Crippen LogP contribution is 2.26. The van der Waals surface area contributed by atoms with E-state index in [2.05, 4.69) is 0 Å². The molecule has 0 saturated heterocycles. The summed E-state index contributed by atoms with van der Waals surface area (Å²) in [5.41, 5.74) is 1.62. The molecule has 2 amide bonds. The van der Waals surface area contributed by atoms with Gasteiger partial charge in [0, 0.05) is 19.5 Å². The summed E-state index contributed by atoms with van der Waals surface area (Å²) < 4.78 is 5.54. The Labute approximate surface area is 144 Å². The minimum absolute atomic E-state index is 0.0136. The highest BCUT2D eigenvalue weighted by atomic mass is 16.6. The van der Waals surface area contributed by atoms with Gasteiger partial charge >= 0.3 is 6.09 Å². The number of nitrogens with zero attached hydrogens (tertiary/aromatic N) is 2. The normalized spacial score (nSPS) is 17.2. The van der Waals surface area contributed by atoms with Gasteiger partial charge in [-0.3, -0.25) is 9.69 Å². The first-order valence-electron chi connectivity index (χ1n) is 8.62. The van der Waals surface area contributed by atoms with Gasteiger partial charge in [0.05, 0.1) is 6.54 Å². The molecule has 1 aliphatic heterocycles. The monoisotopic (exact) mass is 332 g/mol. The van der Waals surface area contributed by atoms with Gasteiger partial charge in [0.15, 0.2) is 0 Å². The number of benzene rings is 1. The van der Waals surface area contributed by atoms with E-state index in [0.29, 0.717) is 26.1 Å². The quantitative estimate of drug-likeness (QED) is 0.854. The van der Waals surface area contributed by atoms with Crippen LogP contribution in [0, 0.1) is 0 Å². The van der Waals surface area contributed by atoms with Crippen molar-refractivity contribution < 1.29 is 14.3 Å². The van der Waals surface area contributed by atoms with E-state index in [-0.39, 0.29) is 5.91 Å². The smallest absolute Gasteiger partial charge is 0.411 e. The van der Waals surface area contributed by atoms with Gasteiger partial charge < -0.3 is 9.64 Å². The number of carbonyl (C=O) groups is 2. The van der Waals surface area contributed by atoms with E-state index in [4.69, 9.17) is 4.74 Å².